The molecule has 0 saturated heterocycles. The molecule has 3 nitrogen and oxygen atoms in total. The monoisotopic (exact) mass is 193 g/mol. The van der Waals surface area contributed by atoms with Crippen molar-refractivity contribution in [3.8, 4) is 0 Å². The smallest absolute Gasteiger partial charge is 0.230 e. The van der Waals surface area contributed by atoms with Crippen molar-refractivity contribution < 1.29 is 4.92 Å². The van der Waals surface area contributed by atoms with Gasteiger partial charge in [0.15, 0.2) is 0 Å². The highest BCUT2D eigenvalue weighted by Crippen LogP contribution is 2.25. The van der Waals surface area contributed by atoms with Crippen molar-refractivity contribution in [3.63, 3.8) is 0 Å². The van der Waals surface area contributed by atoms with E-state index in [4.69, 9.17) is 0 Å². The Morgan fingerprint density at radius 2 is 2.15 bits per heavy atom. The van der Waals surface area contributed by atoms with E-state index in [0.717, 1.165) is 15.6 Å². The average molecular weight is 193 g/mol. The van der Waals surface area contributed by atoms with Gasteiger partial charge in [0.1, 0.15) is 0 Å². The molecule has 1 aromatic carbocycles. The molecule has 0 radical (unpaired) electrons. The largest absolute Gasteiger partial charge is 0.264 e. The Hall–Kier alpha value is -1.42. The topological polar surface area (TPSA) is 43.1 Å². The summed E-state index contributed by atoms with van der Waals surface area (Å²) in [6.07, 6.45) is 0. The number of benzene rings is 1. The Morgan fingerprint density at radius 1 is 1.38 bits per heavy atom. The third-order valence-electron chi connectivity index (χ3n) is 1.86. The fraction of sp³-hybridized carbons (Fsp3) is 0.111. The molecule has 0 aliphatic heterocycles. The van der Waals surface area contributed by atoms with Gasteiger partial charge in [-0.05, 0) is 6.07 Å². The highest BCUT2D eigenvalue weighted by molar-refractivity contribution is 7.17. The molecule has 2 rings (SSSR count). The predicted octanol–water partition coefficient (Wildman–Crippen LogP) is 2.68. The zero-order valence-corrected chi connectivity index (χ0v) is 7.58. The third kappa shape index (κ3) is 1.53. The van der Waals surface area contributed by atoms with Gasteiger partial charge < -0.3 is 0 Å². The van der Waals surface area contributed by atoms with Crippen LogP contribution in [0.1, 0.15) is 5.56 Å². The number of nitrogens with zero attached hydrogens (tertiary/aromatic N) is 1. The van der Waals surface area contributed by atoms with Crippen molar-refractivity contribution in [2.24, 2.45) is 0 Å². The Morgan fingerprint density at radius 3 is 2.92 bits per heavy atom. The lowest BCUT2D eigenvalue weighted by Crippen LogP contribution is -1.96. The maximum Gasteiger partial charge on any atom is 0.230 e. The van der Waals surface area contributed by atoms with Crippen molar-refractivity contribution in [2.45, 2.75) is 6.54 Å². The molecule has 1 aromatic heterocycles. The maximum absolute atomic E-state index is 10.3. The van der Waals surface area contributed by atoms with Crippen LogP contribution in [0.3, 0.4) is 0 Å². The summed E-state index contributed by atoms with van der Waals surface area (Å²) in [5.41, 5.74) is 0.811. The third-order valence-corrected chi connectivity index (χ3v) is 2.87. The van der Waals surface area contributed by atoms with Gasteiger partial charge in [-0.15, -0.1) is 11.3 Å². The SMILES string of the molecule is O=[N+]([O-])Cc1csc2ccccc12. The molecule has 4 heteroatoms. The summed E-state index contributed by atoms with van der Waals surface area (Å²) in [6.45, 7) is -0.0794. The number of thiophene rings is 1. The molecule has 0 aliphatic carbocycles. The first-order valence-corrected chi connectivity index (χ1v) is 4.72. The van der Waals surface area contributed by atoms with Gasteiger partial charge in [0.25, 0.3) is 0 Å². The van der Waals surface area contributed by atoms with E-state index in [2.05, 4.69) is 0 Å². The highest BCUT2D eigenvalue weighted by Gasteiger charge is 2.07. The van der Waals surface area contributed by atoms with Gasteiger partial charge in [-0.3, -0.25) is 10.1 Å². The molecule has 0 fully saturated rings. The molecule has 0 bridgehead atoms. The molecule has 0 spiro atoms. The lowest BCUT2D eigenvalue weighted by atomic mass is 10.2. The number of rotatable bonds is 2. The minimum absolute atomic E-state index is 0.0794. The van der Waals surface area contributed by atoms with Crippen molar-refractivity contribution in [1.29, 1.82) is 0 Å². The summed E-state index contributed by atoms with van der Waals surface area (Å²) >= 11 is 1.55. The van der Waals surface area contributed by atoms with Crippen LogP contribution in [-0.2, 0) is 6.54 Å². The van der Waals surface area contributed by atoms with E-state index in [9.17, 15) is 10.1 Å². The zero-order chi connectivity index (χ0) is 9.26. The number of fused-ring (bicyclic) bond motifs is 1. The first-order valence-electron chi connectivity index (χ1n) is 3.84. The zero-order valence-electron chi connectivity index (χ0n) is 6.77. The van der Waals surface area contributed by atoms with Crippen molar-refractivity contribution in [1.82, 2.24) is 0 Å². The normalized spacial score (nSPS) is 10.5. The summed E-state index contributed by atoms with van der Waals surface area (Å²) in [5, 5.41) is 13.2. The molecule has 0 aliphatic rings. The van der Waals surface area contributed by atoms with Crippen LogP contribution in [0.5, 0.6) is 0 Å². The lowest BCUT2D eigenvalue weighted by Gasteiger charge is -1.91. The molecule has 0 amide bonds. The van der Waals surface area contributed by atoms with Crippen LogP contribution in [0.15, 0.2) is 29.6 Å². The Bertz CT molecular complexity index is 450. The molecule has 1 heterocycles. The molecule has 0 N–H and O–H groups in total. The van der Waals surface area contributed by atoms with Crippen LogP contribution >= 0.6 is 11.3 Å². The summed E-state index contributed by atoms with van der Waals surface area (Å²) in [7, 11) is 0. The first kappa shape index (κ1) is 8.19. The summed E-state index contributed by atoms with van der Waals surface area (Å²) in [4.78, 5) is 10.0. The lowest BCUT2D eigenvalue weighted by molar-refractivity contribution is -0.496. The van der Waals surface area contributed by atoms with Gasteiger partial charge in [0, 0.05) is 26.0 Å². The van der Waals surface area contributed by atoms with E-state index >= 15 is 0 Å². The van der Waals surface area contributed by atoms with Gasteiger partial charge in [0.2, 0.25) is 6.54 Å². The second-order valence-electron chi connectivity index (χ2n) is 2.75. The van der Waals surface area contributed by atoms with Crippen molar-refractivity contribution in [2.75, 3.05) is 0 Å². The van der Waals surface area contributed by atoms with E-state index in [-0.39, 0.29) is 11.5 Å². The number of hydrogen-bond donors (Lipinski definition) is 0. The minimum atomic E-state index is -0.297. The van der Waals surface area contributed by atoms with Gasteiger partial charge in [-0.2, -0.15) is 0 Å². The molecule has 0 saturated carbocycles. The summed E-state index contributed by atoms with van der Waals surface area (Å²) in [6, 6.07) is 7.74. The molecule has 0 atom stereocenters. The fourth-order valence-corrected chi connectivity index (χ4v) is 2.25. The molecular formula is C9H7NO2S. The van der Waals surface area contributed by atoms with Crippen LogP contribution in [0.4, 0.5) is 0 Å². The Balaban J connectivity index is 2.51. The predicted molar refractivity (Wildman–Crippen MR) is 52.5 cm³/mol. The molecular weight excluding hydrogens is 186 g/mol. The van der Waals surface area contributed by atoms with Crippen LogP contribution in [0.2, 0.25) is 0 Å². The van der Waals surface area contributed by atoms with Crippen LogP contribution in [-0.4, -0.2) is 4.92 Å². The van der Waals surface area contributed by atoms with Crippen LogP contribution in [0.25, 0.3) is 10.1 Å². The molecule has 13 heavy (non-hydrogen) atoms. The van der Waals surface area contributed by atoms with Gasteiger partial charge in [-0.1, -0.05) is 18.2 Å². The first-order chi connectivity index (χ1) is 6.27. The summed E-state index contributed by atoms with van der Waals surface area (Å²) in [5.74, 6) is 0. The Kier molecular flexibility index (Phi) is 1.98. The van der Waals surface area contributed by atoms with Crippen molar-refractivity contribution >= 4 is 21.4 Å². The van der Waals surface area contributed by atoms with Crippen LogP contribution < -0.4 is 0 Å². The van der Waals surface area contributed by atoms with Crippen molar-refractivity contribution in [3.05, 3.63) is 45.3 Å². The molecule has 0 unspecified atom stereocenters. The van der Waals surface area contributed by atoms with E-state index in [1.165, 1.54) is 0 Å². The minimum Gasteiger partial charge on any atom is -0.264 e. The second-order valence-corrected chi connectivity index (χ2v) is 3.66. The van der Waals surface area contributed by atoms with Crippen LogP contribution in [0, 0.1) is 10.1 Å². The molecule has 2 aromatic rings. The van der Waals surface area contributed by atoms with Gasteiger partial charge in [0.05, 0.1) is 0 Å². The van der Waals surface area contributed by atoms with E-state index in [1.54, 1.807) is 11.3 Å². The number of nitro groups is 1. The second kappa shape index (κ2) is 3.14. The quantitative estimate of drug-likeness (QED) is 0.543. The highest BCUT2D eigenvalue weighted by atomic mass is 32.1. The van der Waals surface area contributed by atoms with Gasteiger partial charge >= 0.3 is 0 Å². The standard InChI is InChI=1S/C9H7NO2S/c11-10(12)5-7-6-13-9-4-2-1-3-8(7)9/h1-4,6H,5H2. The number of hydrogen-bond acceptors (Lipinski definition) is 3. The summed E-state index contributed by atoms with van der Waals surface area (Å²) < 4.78 is 1.11. The van der Waals surface area contributed by atoms with E-state index in [1.807, 2.05) is 29.6 Å². The maximum atomic E-state index is 10.3. The van der Waals surface area contributed by atoms with E-state index < -0.39 is 0 Å². The van der Waals surface area contributed by atoms with Gasteiger partial charge in [-0.25, -0.2) is 0 Å². The van der Waals surface area contributed by atoms with E-state index in [0.29, 0.717) is 0 Å². The fourth-order valence-electron chi connectivity index (χ4n) is 1.29. The average Bonchev–Trinajstić information content (AvgIpc) is 2.48. The molecule has 66 valence electrons. The Labute approximate surface area is 78.8 Å².